The van der Waals surface area contributed by atoms with Crippen molar-refractivity contribution in [3.05, 3.63) is 60.8 Å². The van der Waals surface area contributed by atoms with E-state index >= 15 is 0 Å². The lowest BCUT2D eigenvalue weighted by Crippen LogP contribution is -2.27. The molecule has 0 aromatic carbocycles. The topological polar surface area (TPSA) is 55.8 Å². The van der Waals surface area contributed by atoms with Gasteiger partial charge in [0.15, 0.2) is 0 Å². The van der Waals surface area contributed by atoms with Crippen molar-refractivity contribution in [3.63, 3.8) is 0 Å². The molecule has 0 aliphatic heterocycles. The molecule has 0 aromatic rings. The largest absolute Gasteiger partial charge is 0.457 e. The van der Waals surface area contributed by atoms with Gasteiger partial charge in [-0.15, -0.1) is 0 Å². The molecule has 1 N–H and O–H groups in total. The summed E-state index contributed by atoms with van der Waals surface area (Å²) in [6.45, 7) is 5.21. The van der Waals surface area contributed by atoms with Gasteiger partial charge in [-0.3, -0.25) is 4.79 Å². The Labute approximate surface area is 330 Å². The van der Waals surface area contributed by atoms with Crippen LogP contribution in [0.1, 0.15) is 219 Å². The summed E-state index contributed by atoms with van der Waals surface area (Å²) in [5.41, 5.74) is 0. The molecule has 0 radical (unpaired) electrons. The highest BCUT2D eigenvalue weighted by molar-refractivity contribution is 5.69. The van der Waals surface area contributed by atoms with Crippen molar-refractivity contribution in [1.82, 2.24) is 0 Å². The molecular formula is C49H88O4. The summed E-state index contributed by atoms with van der Waals surface area (Å²) >= 11 is 0. The second-order valence-corrected chi connectivity index (χ2v) is 15.1. The number of hydrogen-bond donors (Lipinski definition) is 1. The summed E-state index contributed by atoms with van der Waals surface area (Å²) in [6, 6.07) is 0. The maximum atomic E-state index is 12.2. The molecule has 1 atom stereocenters. The van der Waals surface area contributed by atoms with Crippen LogP contribution in [0.2, 0.25) is 0 Å². The number of esters is 1. The number of unbranched alkanes of at least 4 members (excludes halogenated alkanes) is 24. The Morgan fingerprint density at radius 2 is 0.849 bits per heavy atom. The normalized spacial score (nSPS) is 12.9. The number of carbonyl (C=O) groups is 1. The van der Waals surface area contributed by atoms with Crippen LogP contribution in [0.3, 0.4) is 0 Å². The van der Waals surface area contributed by atoms with E-state index in [1.807, 2.05) is 0 Å². The van der Waals surface area contributed by atoms with Crippen LogP contribution < -0.4 is 0 Å². The molecule has 0 aliphatic carbocycles. The molecule has 0 aromatic heterocycles. The van der Waals surface area contributed by atoms with Crippen molar-refractivity contribution in [2.75, 3.05) is 19.8 Å². The van der Waals surface area contributed by atoms with Gasteiger partial charge in [0.25, 0.3) is 0 Å². The molecule has 0 fully saturated rings. The zero-order valence-corrected chi connectivity index (χ0v) is 35.3. The van der Waals surface area contributed by atoms with Gasteiger partial charge < -0.3 is 14.6 Å². The quantitative estimate of drug-likeness (QED) is 0.0385. The molecule has 0 heterocycles. The fourth-order valence-electron chi connectivity index (χ4n) is 6.43. The van der Waals surface area contributed by atoms with Gasteiger partial charge in [-0.05, 0) is 77.0 Å². The summed E-state index contributed by atoms with van der Waals surface area (Å²) in [6.07, 6.45) is 61.5. The van der Waals surface area contributed by atoms with Crippen molar-refractivity contribution in [2.45, 2.75) is 225 Å². The Hall–Kier alpha value is -1.91. The molecular weight excluding hydrogens is 653 g/mol. The number of aliphatic hydroxyl groups excluding tert-OH is 1. The average molecular weight is 741 g/mol. The second kappa shape index (κ2) is 46.2. The van der Waals surface area contributed by atoms with Crippen LogP contribution in [0.4, 0.5) is 0 Å². The summed E-state index contributed by atoms with van der Waals surface area (Å²) in [7, 11) is 0. The maximum absolute atomic E-state index is 12.2. The van der Waals surface area contributed by atoms with Gasteiger partial charge in [0.05, 0.1) is 13.2 Å². The van der Waals surface area contributed by atoms with E-state index in [1.165, 1.54) is 141 Å². The molecule has 0 saturated carbocycles. The predicted octanol–water partition coefficient (Wildman–Crippen LogP) is 15.2. The molecule has 0 rings (SSSR count). The maximum Gasteiger partial charge on any atom is 0.306 e. The minimum absolute atomic E-state index is 0.181. The number of carbonyl (C=O) groups excluding carboxylic acids is 1. The van der Waals surface area contributed by atoms with Gasteiger partial charge in [-0.1, -0.05) is 197 Å². The molecule has 4 nitrogen and oxygen atoms in total. The van der Waals surface area contributed by atoms with Gasteiger partial charge >= 0.3 is 5.97 Å². The third-order valence-electron chi connectivity index (χ3n) is 9.83. The van der Waals surface area contributed by atoms with Gasteiger partial charge in [-0.2, -0.15) is 0 Å². The minimum Gasteiger partial charge on any atom is -0.457 e. The summed E-state index contributed by atoms with van der Waals surface area (Å²) in [5.74, 6) is -0.208. The molecule has 0 spiro atoms. The highest BCUT2D eigenvalue weighted by Gasteiger charge is 2.13. The van der Waals surface area contributed by atoms with Gasteiger partial charge in [0.2, 0.25) is 0 Å². The molecule has 0 saturated heterocycles. The molecule has 308 valence electrons. The number of allylic oxidation sites excluding steroid dienone is 10. The van der Waals surface area contributed by atoms with Crippen LogP contribution >= 0.6 is 0 Å². The molecule has 0 amide bonds. The van der Waals surface area contributed by atoms with E-state index in [1.54, 1.807) is 0 Å². The van der Waals surface area contributed by atoms with Crippen LogP contribution in [0.15, 0.2) is 60.8 Å². The Balaban J connectivity index is 3.45. The van der Waals surface area contributed by atoms with Crippen LogP contribution in [0.5, 0.6) is 0 Å². The molecule has 1 unspecified atom stereocenters. The first-order valence-electron chi connectivity index (χ1n) is 22.9. The lowest BCUT2D eigenvalue weighted by Gasteiger charge is -2.15. The van der Waals surface area contributed by atoms with Crippen molar-refractivity contribution in [2.24, 2.45) is 0 Å². The van der Waals surface area contributed by atoms with Crippen molar-refractivity contribution in [1.29, 1.82) is 0 Å². The van der Waals surface area contributed by atoms with E-state index in [4.69, 9.17) is 9.47 Å². The Kier molecular flexibility index (Phi) is 44.6. The first-order chi connectivity index (χ1) is 26.2. The van der Waals surface area contributed by atoms with E-state index in [2.05, 4.69) is 74.6 Å². The summed E-state index contributed by atoms with van der Waals surface area (Å²) in [4.78, 5) is 12.2. The SMILES string of the molecule is CC/C=C\C/C=C\C/C=C\C/C=C\CCCCCCCOCC(CO)OC(=O)CCCCCCCCCCCCC/C=C\CCCCCCCCCC. The first-order valence-corrected chi connectivity index (χ1v) is 22.9. The van der Waals surface area contributed by atoms with Gasteiger partial charge in [-0.25, -0.2) is 0 Å². The van der Waals surface area contributed by atoms with E-state index in [9.17, 15) is 9.90 Å². The van der Waals surface area contributed by atoms with Crippen LogP contribution in [0, 0.1) is 0 Å². The minimum atomic E-state index is -0.547. The Morgan fingerprint density at radius 1 is 0.472 bits per heavy atom. The molecule has 0 bridgehead atoms. The first kappa shape index (κ1) is 51.1. The van der Waals surface area contributed by atoms with Crippen LogP contribution in [-0.2, 0) is 14.3 Å². The highest BCUT2D eigenvalue weighted by atomic mass is 16.6. The Morgan fingerprint density at radius 3 is 1.30 bits per heavy atom. The summed E-state index contributed by atoms with van der Waals surface area (Å²) < 4.78 is 11.2. The third kappa shape index (κ3) is 44.4. The van der Waals surface area contributed by atoms with E-state index in [-0.39, 0.29) is 19.2 Å². The van der Waals surface area contributed by atoms with E-state index < -0.39 is 6.10 Å². The fraction of sp³-hybridized carbons (Fsp3) is 0.776. The molecule has 0 aliphatic rings. The van der Waals surface area contributed by atoms with Crippen molar-refractivity contribution in [3.8, 4) is 0 Å². The monoisotopic (exact) mass is 741 g/mol. The smallest absolute Gasteiger partial charge is 0.306 e. The molecule has 53 heavy (non-hydrogen) atoms. The predicted molar refractivity (Wildman–Crippen MR) is 233 cm³/mol. The third-order valence-corrected chi connectivity index (χ3v) is 9.83. The van der Waals surface area contributed by atoms with Gasteiger partial charge in [0, 0.05) is 13.0 Å². The van der Waals surface area contributed by atoms with Crippen molar-refractivity contribution >= 4 is 5.97 Å². The van der Waals surface area contributed by atoms with Crippen LogP contribution in [0.25, 0.3) is 0 Å². The number of rotatable bonds is 42. The fourth-order valence-corrected chi connectivity index (χ4v) is 6.43. The number of ether oxygens (including phenoxy) is 2. The van der Waals surface area contributed by atoms with E-state index in [0.717, 1.165) is 57.8 Å². The lowest BCUT2D eigenvalue weighted by molar-refractivity contribution is -0.154. The average Bonchev–Trinajstić information content (AvgIpc) is 3.16. The number of aliphatic hydroxyl groups is 1. The summed E-state index contributed by atoms with van der Waals surface area (Å²) in [5, 5.41) is 9.62. The lowest BCUT2D eigenvalue weighted by atomic mass is 10.0. The standard InChI is InChI=1S/C49H88O4/c1-3-5-7-9-11-13-15-17-19-21-23-24-25-26-27-28-30-32-34-36-38-40-42-44-49(51)53-48(46-50)47-52-45-43-41-39-37-35-33-31-29-22-20-18-16-14-12-10-8-6-4-2/h6,8,12,14,18,20-21,23,29,31,48,50H,3-5,7,9-11,13,15-17,19,22,24-28,30,32-47H2,1-2H3/b8-6-,14-12-,20-18-,23-21-,31-29-. The van der Waals surface area contributed by atoms with Crippen LogP contribution in [-0.4, -0.2) is 37.0 Å². The second-order valence-electron chi connectivity index (χ2n) is 15.1. The zero-order valence-electron chi connectivity index (χ0n) is 35.3. The molecule has 4 heteroatoms. The highest BCUT2D eigenvalue weighted by Crippen LogP contribution is 2.14. The number of hydrogen-bond acceptors (Lipinski definition) is 4. The van der Waals surface area contributed by atoms with E-state index in [0.29, 0.717) is 13.0 Å². The van der Waals surface area contributed by atoms with Gasteiger partial charge in [0.1, 0.15) is 6.10 Å². The Bertz CT molecular complexity index is 870. The van der Waals surface area contributed by atoms with Crippen molar-refractivity contribution < 1.29 is 19.4 Å². The zero-order chi connectivity index (χ0) is 38.4.